The molecule has 0 aliphatic heterocycles. The standard InChI is InChI=1S/C19H20F2N2O2/c1-2-23(19(25)11-14-3-7-16(20)8-4-14)13-18(24)22-12-15-5-9-17(21)10-6-15/h3-10H,2,11-13H2,1H3,(H,22,24). The number of likely N-dealkylation sites (N-methyl/N-ethyl adjacent to an activating group) is 1. The van der Waals surface area contributed by atoms with Gasteiger partial charge in [-0.15, -0.1) is 0 Å². The minimum absolute atomic E-state index is 0.0578. The highest BCUT2D eigenvalue weighted by atomic mass is 19.1. The Hall–Kier alpha value is -2.76. The molecule has 0 radical (unpaired) electrons. The number of carbonyl (C=O) groups excluding carboxylic acids is 2. The van der Waals surface area contributed by atoms with Gasteiger partial charge in [0.2, 0.25) is 11.8 Å². The lowest BCUT2D eigenvalue weighted by Crippen LogP contribution is -2.41. The second-order valence-electron chi connectivity index (χ2n) is 5.61. The van der Waals surface area contributed by atoms with Gasteiger partial charge in [-0.3, -0.25) is 9.59 Å². The number of halogens is 2. The second kappa shape index (κ2) is 8.92. The highest BCUT2D eigenvalue weighted by Crippen LogP contribution is 2.06. The van der Waals surface area contributed by atoms with Crippen molar-refractivity contribution >= 4 is 11.8 Å². The predicted octanol–water partition coefficient (Wildman–Crippen LogP) is 2.67. The first kappa shape index (κ1) is 18.6. The van der Waals surface area contributed by atoms with Crippen LogP contribution >= 0.6 is 0 Å². The van der Waals surface area contributed by atoms with Crippen molar-refractivity contribution in [2.45, 2.75) is 19.9 Å². The SMILES string of the molecule is CCN(CC(=O)NCc1ccc(F)cc1)C(=O)Cc1ccc(F)cc1. The van der Waals surface area contributed by atoms with Gasteiger partial charge in [0.15, 0.2) is 0 Å². The van der Waals surface area contributed by atoms with E-state index in [4.69, 9.17) is 0 Å². The molecule has 0 aromatic heterocycles. The van der Waals surface area contributed by atoms with Crippen LogP contribution in [0.2, 0.25) is 0 Å². The van der Waals surface area contributed by atoms with Crippen LogP contribution in [0.4, 0.5) is 8.78 Å². The van der Waals surface area contributed by atoms with Gasteiger partial charge < -0.3 is 10.2 Å². The average molecular weight is 346 g/mol. The summed E-state index contributed by atoms with van der Waals surface area (Å²) in [6.45, 7) is 2.39. The fourth-order valence-electron chi connectivity index (χ4n) is 2.30. The van der Waals surface area contributed by atoms with E-state index in [2.05, 4.69) is 5.32 Å². The maximum Gasteiger partial charge on any atom is 0.239 e. The Morgan fingerprint density at radius 1 is 0.920 bits per heavy atom. The molecule has 2 rings (SSSR count). The van der Waals surface area contributed by atoms with E-state index in [1.54, 1.807) is 31.2 Å². The molecule has 0 saturated heterocycles. The Morgan fingerprint density at radius 3 is 1.96 bits per heavy atom. The Morgan fingerprint density at radius 2 is 1.44 bits per heavy atom. The highest BCUT2D eigenvalue weighted by molar-refractivity contribution is 5.85. The van der Waals surface area contributed by atoms with E-state index < -0.39 is 0 Å². The van der Waals surface area contributed by atoms with Gasteiger partial charge in [-0.2, -0.15) is 0 Å². The molecule has 2 amide bonds. The molecule has 6 heteroatoms. The Labute approximate surface area is 145 Å². The van der Waals surface area contributed by atoms with Gasteiger partial charge in [0.1, 0.15) is 11.6 Å². The Kier molecular flexibility index (Phi) is 6.62. The van der Waals surface area contributed by atoms with Gasteiger partial charge >= 0.3 is 0 Å². The first-order chi connectivity index (χ1) is 12.0. The summed E-state index contributed by atoms with van der Waals surface area (Å²) < 4.78 is 25.7. The zero-order valence-electron chi connectivity index (χ0n) is 14.0. The molecule has 0 atom stereocenters. The van der Waals surface area contributed by atoms with Crippen LogP contribution in [0.3, 0.4) is 0 Å². The smallest absolute Gasteiger partial charge is 0.239 e. The van der Waals surface area contributed by atoms with Gasteiger partial charge in [0.25, 0.3) is 0 Å². The quantitative estimate of drug-likeness (QED) is 0.838. The summed E-state index contributed by atoms with van der Waals surface area (Å²) in [7, 11) is 0. The maximum absolute atomic E-state index is 12.9. The Bertz CT molecular complexity index is 715. The van der Waals surface area contributed by atoms with Crippen molar-refractivity contribution in [2.75, 3.05) is 13.1 Å². The molecular weight excluding hydrogens is 326 g/mol. The summed E-state index contributed by atoms with van der Waals surface area (Å²) in [6.07, 6.45) is 0.110. The third-order valence-corrected chi connectivity index (χ3v) is 3.74. The van der Waals surface area contributed by atoms with Crippen LogP contribution in [0.1, 0.15) is 18.1 Å². The van der Waals surface area contributed by atoms with Gasteiger partial charge in [-0.05, 0) is 42.3 Å². The molecule has 0 aliphatic rings. The van der Waals surface area contributed by atoms with Crippen LogP contribution in [-0.4, -0.2) is 29.8 Å². The van der Waals surface area contributed by atoms with E-state index in [1.165, 1.54) is 29.2 Å². The molecule has 1 N–H and O–H groups in total. The van der Waals surface area contributed by atoms with E-state index in [0.29, 0.717) is 12.1 Å². The predicted molar refractivity (Wildman–Crippen MR) is 90.6 cm³/mol. The lowest BCUT2D eigenvalue weighted by Gasteiger charge is -2.20. The topological polar surface area (TPSA) is 49.4 Å². The maximum atomic E-state index is 12.9. The minimum Gasteiger partial charge on any atom is -0.350 e. The van der Waals surface area contributed by atoms with E-state index in [9.17, 15) is 18.4 Å². The van der Waals surface area contributed by atoms with Crippen LogP contribution < -0.4 is 5.32 Å². The zero-order valence-corrected chi connectivity index (χ0v) is 14.0. The number of amides is 2. The van der Waals surface area contributed by atoms with Crippen molar-refractivity contribution in [3.63, 3.8) is 0 Å². The van der Waals surface area contributed by atoms with Crippen molar-refractivity contribution in [2.24, 2.45) is 0 Å². The van der Waals surface area contributed by atoms with Gasteiger partial charge in [-0.25, -0.2) is 8.78 Å². The molecule has 0 heterocycles. The number of rotatable bonds is 7. The number of nitrogens with zero attached hydrogens (tertiary/aromatic N) is 1. The first-order valence-electron chi connectivity index (χ1n) is 8.01. The molecular formula is C19H20F2N2O2. The van der Waals surface area contributed by atoms with Crippen LogP contribution in [0.5, 0.6) is 0 Å². The normalized spacial score (nSPS) is 10.4. The van der Waals surface area contributed by atoms with E-state index >= 15 is 0 Å². The summed E-state index contributed by atoms with van der Waals surface area (Å²) >= 11 is 0. The van der Waals surface area contributed by atoms with E-state index in [1.807, 2.05) is 0 Å². The third kappa shape index (κ3) is 5.99. The molecule has 25 heavy (non-hydrogen) atoms. The molecule has 2 aromatic carbocycles. The van der Waals surface area contributed by atoms with Crippen molar-refractivity contribution in [3.8, 4) is 0 Å². The summed E-state index contributed by atoms with van der Waals surface area (Å²) in [5, 5.41) is 2.70. The van der Waals surface area contributed by atoms with Crippen molar-refractivity contribution < 1.29 is 18.4 Å². The molecule has 132 valence electrons. The molecule has 0 bridgehead atoms. The first-order valence-corrected chi connectivity index (χ1v) is 8.01. The monoisotopic (exact) mass is 346 g/mol. The van der Waals surface area contributed by atoms with Crippen LogP contribution in [0.25, 0.3) is 0 Å². The highest BCUT2D eigenvalue weighted by Gasteiger charge is 2.16. The van der Waals surface area contributed by atoms with Crippen molar-refractivity contribution in [1.29, 1.82) is 0 Å². The van der Waals surface area contributed by atoms with Crippen LogP contribution in [0.15, 0.2) is 48.5 Å². The number of nitrogens with one attached hydrogen (secondary N) is 1. The lowest BCUT2D eigenvalue weighted by molar-refractivity contribution is -0.135. The molecule has 0 aliphatic carbocycles. The fourth-order valence-corrected chi connectivity index (χ4v) is 2.30. The minimum atomic E-state index is -0.358. The molecule has 0 spiro atoms. The number of benzene rings is 2. The van der Waals surface area contributed by atoms with Crippen molar-refractivity contribution in [1.82, 2.24) is 10.2 Å². The zero-order chi connectivity index (χ0) is 18.2. The summed E-state index contributed by atoms with van der Waals surface area (Å²) in [5.41, 5.74) is 1.46. The molecule has 0 fully saturated rings. The molecule has 0 saturated carbocycles. The molecule has 4 nitrogen and oxygen atoms in total. The van der Waals surface area contributed by atoms with Crippen molar-refractivity contribution in [3.05, 3.63) is 71.3 Å². The Balaban J connectivity index is 1.84. The second-order valence-corrected chi connectivity index (χ2v) is 5.61. The average Bonchev–Trinajstić information content (AvgIpc) is 2.61. The summed E-state index contributed by atoms with van der Waals surface area (Å²) in [5.74, 6) is -1.19. The number of hydrogen-bond acceptors (Lipinski definition) is 2. The number of carbonyl (C=O) groups is 2. The van der Waals surface area contributed by atoms with Gasteiger partial charge in [0.05, 0.1) is 13.0 Å². The largest absolute Gasteiger partial charge is 0.350 e. The third-order valence-electron chi connectivity index (χ3n) is 3.74. The molecule has 2 aromatic rings. The van der Waals surface area contributed by atoms with Gasteiger partial charge in [0, 0.05) is 13.1 Å². The van der Waals surface area contributed by atoms with E-state index in [0.717, 1.165) is 5.56 Å². The van der Waals surface area contributed by atoms with E-state index in [-0.39, 0.29) is 43.0 Å². The lowest BCUT2D eigenvalue weighted by atomic mass is 10.1. The summed E-state index contributed by atoms with van der Waals surface area (Å²) in [6, 6.07) is 11.5. The van der Waals surface area contributed by atoms with Crippen LogP contribution in [-0.2, 0) is 22.6 Å². The van der Waals surface area contributed by atoms with Gasteiger partial charge in [-0.1, -0.05) is 24.3 Å². The number of hydrogen-bond donors (Lipinski definition) is 1. The summed E-state index contributed by atoms with van der Waals surface area (Å²) in [4.78, 5) is 25.7. The fraction of sp³-hybridized carbons (Fsp3) is 0.263. The molecule has 0 unspecified atom stereocenters. The van der Waals surface area contributed by atoms with Crippen LogP contribution in [0, 0.1) is 11.6 Å².